The summed E-state index contributed by atoms with van der Waals surface area (Å²) in [7, 11) is 4.62. The lowest BCUT2D eigenvalue weighted by Crippen LogP contribution is -2.12. The number of thioether (sulfide) groups is 1. The number of nitrogens with one attached hydrogen (secondary N) is 1. The molecule has 0 aliphatic carbocycles. The number of hydrogen-bond acceptors (Lipinski definition) is 5. The van der Waals surface area contributed by atoms with E-state index in [9.17, 15) is 4.79 Å². The fourth-order valence-corrected chi connectivity index (χ4v) is 1.96. The Morgan fingerprint density at radius 1 is 1.16 bits per heavy atom. The first-order valence-corrected chi connectivity index (χ1v) is 7.14. The Bertz CT molecular complexity index is 412. The van der Waals surface area contributed by atoms with Crippen molar-refractivity contribution in [2.75, 3.05) is 38.7 Å². The highest BCUT2D eigenvalue weighted by molar-refractivity contribution is 7.98. The van der Waals surface area contributed by atoms with Gasteiger partial charge in [-0.3, -0.25) is 4.79 Å². The quantitative estimate of drug-likeness (QED) is 0.833. The summed E-state index contributed by atoms with van der Waals surface area (Å²) in [5.41, 5.74) is 0.626. The van der Waals surface area contributed by atoms with E-state index in [1.807, 2.05) is 6.26 Å². The van der Waals surface area contributed by atoms with E-state index in [-0.39, 0.29) is 5.91 Å². The number of hydrogen-bond donors (Lipinski definition) is 1. The summed E-state index contributed by atoms with van der Waals surface area (Å²) < 4.78 is 15.7. The second-order valence-electron chi connectivity index (χ2n) is 3.70. The molecular formula is C13H19NO4S. The zero-order valence-corrected chi connectivity index (χ0v) is 12.4. The van der Waals surface area contributed by atoms with Crippen molar-refractivity contribution in [1.29, 1.82) is 0 Å². The molecule has 0 spiro atoms. The molecule has 19 heavy (non-hydrogen) atoms. The Balaban J connectivity index is 2.93. The number of amides is 1. The van der Waals surface area contributed by atoms with E-state index in [1.54, 1.807) is 23.9 Å². The van der Waals surface area contributed by atoms with E-state index < -0.39 is 0 Å². The minimum Gasteiger partial charge on any atom is -0.493 e. The first-order valence-electron chi connectivity index (χ1n) is 5.75. The Morgan fingerprint density at radius 2 is 1.74 bits per heavy atom. The molecule has 0 fully saturated rings. The highest BCUT2D eigenvalue weighted by Gasteiger charge is 2.14. The van der Waals surface area contributed by atoms with Crippen molar-refractivity contribution in [2.24, 2.45) is 0 Å². The van der Waals surface area contributed by atoms with Crippen molar-refractivity contribution in [2.45, 2.75) is 6.42 Å². The number of ether oxygens (including phenoxy) is 3. The van der Waals surface area contributed by atoms with Gasteiger partial charge in [-0.15, -0.1) is 0 Å². The summed E-state index contributed by atoms with van der Waals surface area (Å²) in [6.45, 7) is 0. The monoisotopic (exact) mass is 285 g/mol. The molecule has 1 aromatic rings. The van der Waals surface area contributed by atoms with Crippen LogP contribution in [0.2, 0.25) is 0 Å². The first kappa shape index (κ1) is 15.5. The molecule has 0 heterocycles. The van der Waals surface area contributed by atoms with Gasteiger partial charge >= 0.3 is 0 Å². The van der Waals surface area contributed by atoms with Gasteiger partial charge in [-0.1, -0.05) is 0 Å². The van der Waals surface area contributed by atoms with Gasteiger partial charge in [0, 0.05) is 30.0 Å². The van der Waals surface area contributed by atoms with Gasteiger partial charge in [0.1, 0.15) is 0 Å². The third-order valence-corrected chi connectivity index (χ3v) is 3.09. The van der Waals surface area contributed by atoms with Crippen LogP contribution in [0, 0.1) is 0 Å². The van der Waals surface area contributed by atoms with Crippen LogP contribution in [0.3, 0.4) is 0 Å². The van der Waals surface area contributed by atoms with Crippen molar-refractivity contribution in [1.82, 2.24) is 0 Å². The third-order valence-electron chi connectivity index (χ3n) is 2.48. The summed E-state index contributed by atoms with van der Waals surface area (Å²) in [5.74, 6) is 2.29. The molecule has 0 unspecified atom stereocenters. The molecule has 5 nitrogen and oxygen atoms in total. The predicted octanol–water partition coefficient (Wildman–Crippen LogP) is 2.40. The minimum absolute atomic E-state index is 0.0383. The van der Waals surface area contributed by atoms with Gasteiger partial charge in [0.05, 0.1) is 21.3 Å². The van der Waals surface area contributed by atoms with Crippen molar-refractivity contribution in [3.05, 3.63) is 12.1 Å². The molecule has 0 bridgehead atoms. The molecule has 0 aliphatic rings. The summed E-state index contributed by atoms with van der Waals surface area (Å²) in [5, 5.41) is 2.81. The highest BCUT2D eigenvalue weighted by Crippen LogP contribution is 2.39. The van der Waals surface area contributed by atoms with Gasteiger partial charge in [0.25, 0.3) is 0 Å². The summed E-state index contributed by atoms with van der Waals surface area (Å²) in [6, 6.07) is 3.41. The van der Waals surface area contributed by atoms with Gasteiger partial charge in [0.15, 0.2) is 11.5 Å². The SMILES string of the molecule is COc1cc(NC(=O)CCSC)cc(OC)c1OC. The predicted molar refractivity (Wildman–Crippen MR) is 77.7 cm³/mol. The minimum atomic E-state index is -0.0383. The topological polar surface area (TPSA) is 56.8 Å². The van der Waals surface area contributed by atoms with Gasteiger partial charge in [0.2, 0.25) is 11.7 Å². The summed E-state index contributed by atoms with van der Waals surface area (Å²) in [6.07, 6.45) is 2.44. The van der Waals surface area contributed by atoms with E-state index in [1.165, 1.54) is 21.3 Å². The van der Waals surface area contributed by atoms with E-state index in [2.05, 4.69) is 5.32 Å². The summed E-state index contributed by atoms with van der Waals surface area (Å²) in [4.78, 5) is 11.7. The Hall–Kier alpha value is -1.56. The van der Waals surface area contributed by atoms with Gasteiger partial charge in [-0.05, 0) is 6.26 Å². The average molecular weight is 285 g/mol. The lowest BCUT2D eigenvalue weighted by molar-refractivity contribution is -0.115. The lowest BCUT2D eigenvalue weighted by atomic mass is 10.2. The molecule has 6 heteroatoms. The van der Waals surface area contributed by atoms with Crippen LogP contribution >= 0.6 is 11.8 Å². The number of carbonyl (C=O) groups excluding carboxylic acids is 1. The van der Waals surface area contributed by atoms with Gasteiger partial charge in [-0.25, -0.2) is 0 Å². The molecule has 1 aromatic carbocycles. The Labute approximate surface area is 117 Å². The molecular weight excluding hydrogens is 266 g/mol. The van der Waals surface area contributed by atoms with Crippen LogP contribution in [0.25, 0.3) is 0 Å². The molecule has 0 saturated heterocycles. The number of benzene rings is 1. The fourth-order valence-electron chi connectivity index (χ4n) is 1.57. The largest absolute Gasteiger partial charge is 0.493 e. The van der Waals surface area contributed by atoms with Crippen molar-refractivity contribution in [3.8, 4) is 17.2 Å². The van der Waals surface area contributed by atoms with E-state index >= 15 is 0 Å². The van der Waals surface area contributed by atoms with Crippen LogP contribution in [-0.2, 0) is 4.79 Å². The Kier molecular flexibility index (Phi) is 6.35. The van der Waals surface area contributed by atoms with Crippen molar-refractivity contribution in [3.63, 3.8) is 0 Å². The molecule has 106 valence electrons. The maximum atomic E-state index is 11.7. The van der Waals surface area contributed by atoms with Crippen molar-refractivity contribution >= 4 is 23.4 Å². The molecule has 1 N–H and O–H groups in total. The van der Waals surface area contributed by atoms with Crippen LogP contribution in [0.1, 0.15) is 6.42 Å². The van der Waals surface area contributed by atoms with E-state index in [0.29, 0.717) is 29.4 Å². The lowest BCUT2D eigenvalue weighted by Gasteiger charge is -2.14. The number of rotatable bonds is 7. The highest BCUT2D eigenvalue weighted by atomic mass is 32.2. The van der Waals surface area contributed by atoms with Crippen LogP contribution in [0.4, 0.5) is 5.69 Å². The molecule has 0 atom stereocenters. The van der Waals surface area contributed by atoms with Gasteiger partial charge in [-0.2, -0.15) is 11.8 Å². The molecule has 0 aromatic heterocycles. The maximum Gasteiger partial charge on any atom is 0.225 e. The smallest absolute Gasteiger partial charge is 0.225 e. The van der Waals surface area contributed by atoms with Crippen LogP contribution in [0.5, 0.6) is 17.2 Å². The number of carbonyl (C=O) groups is 1. The van der Waals surface area contributed by atoms with Crippen molar-refractivity contribution < 1.29 is 19.0 Å². The van der Waals surface area contributed by atoms with E-state index in [0.717, 1.165) is 5.75 Å². The van der Waals surface area contributed by atoms with E-state index in [4.69, 9.17) is 14.2 Å². The second-order valence-corrected chi connectivity index (χ2v) is 4.69. The molecule has 1 amide bonds. The standard InChI is InChI=1S/C13H19NO4S/c1-16-10-7-9(14-12(15)5-6-19-4)8-11(17-2)13(10)18-3/h7-8H,5-6H2,1-4H3,(H,14,15). The molecule has 0 aliphatic heterocycles. The molecule has 0 radical (unpaired) electrons. The first-order chi connectivity index (χ1) is 9.15. The average Bonchev–Trinajstić information content (AvgIpc) is 2.43. The summed E-state index contributed by atoms with van der Waals surface area (Å²) >= 11 is 1.63. The van der Waals surface area contributed by atoms with Crippen LogP contribution < -0.4 is 19.5 Å². The number of anilines is 1. The van der Waals surface area contributed by atoms with Crippen LogP contribution in [-0.4, -0.2) is 39.2 Å². The van der Waals surface area contributed by atoms with Crippen LogP contribution in [0.15, 0.2) is 12.1 Å². The fraction of sp³-hybridized carbons (Fsp3) is 0.462. The zero-order valence-electron chi connectivity index (χ0n) is 11.6. The third kappa shape index (κ3) is 4.24. The Morgan fingerprint density at radius 3 is 2.16 bits per heavy atom. The normalized spacial score (nSPS) is 9.89. The molecule has 1 rings (SSSR count). The zero-order chi connectivity index (χ0) is 14.3. The second kappa shape index (κ2) is 7.78. The van der Waals surface area contributed by atoms with Gasteiger partial charge < -0.3 is 19.5 Å². The number of methoxy groups -OCH3 is 3. The maximum absolute atomic E-state index is 11.7. The molecule has 0 saturated carbocycles.